The maximum absolute atomic E-state index is 11.4. The summed E-state index contributed by atoms with van der Waals surface area (Å²) in [5, 5.41) is 12.2. The van der Waals surface area contributed by atoms with Gasteiger partial charge in [0.1, 0.15) is 6.10 Å². The third-order valence-corrected chi connectivity index (χ3v) is 3.76. The quantitative estimate of drug-likeness (QED) is 0.649. The summed E-state index contributed by atoms with van der Waals surface area (Å²) in [6.07, 6.45) is -1.08. The van der Waals surface area contributed by atoms with Crippen molar-refractivity contribution in [3.05, 3.63) is 29.3 Å². The van der Waals surface area contributed by atoms with Crippen molar-refractivity contribution in [1.82, 2.24) is 5.32 Å². The van der Waals surface area contributed by atoms with Crippen molar-refractivity contribution in [1.29, 1.82) is 0 Å². The van der Waals surface area contributed by atoms with Gasteiger partial charge in [0.25, 0.3) is 0 Å². The van der Waals surface area contributed by atoms with Gasteiger partial charge in [-0.1, -0.05) is 23.7 Å². The van der Waals surface area contributed by atoms with Crippen molar-refractivity contribution >= 4 is 35.2 Å². The average Bonchev–Trinajstić information content (AvgIpc) is 2.38. The predicted octanol–water partition coefficient (Wildman–Crippen LogP) is 0.785. The average molecular weight is 303 g/mol. The van der Waals surface area contributed by atoms with Gasteiger partial charge in [-0.05, 0) is 12.1 Å². The smallest absolute Gasteiger partial charge is 0.248 e. The van der Waals surface area contributed by atoms with E-state index in [1.165, 1.54) is 11.8 Å². The van der Waals surface area contributed by atoms with Gasteiger partial charge in [-0.25, -0.2) is 0 Å². The third kappa shape index (κ3) is 5.96. The summed E-state index contributed by atoms with van der Waals surface area (Å²) < 4.78 is 0. The zero-order valence-electron chi connectivity index (χ0n) is 10.1. The molecule has 0 saturated heterocycles. The van der Waals surface area contributed by atoms with E-state index in [2.05, 4.69) is 5.32 Å². The first-order chi connectivity index (χ1) is 9.00. The number of rotatable bonds is 7. The molecule has 0 aromatic heterocycles. The summed E-state index contributed by atoms with van der Waals surface area (Å²) in [5.74, 6) is -0.548. The molecule has 7 heteroatoms. The number of hydrogen-bond acceptors (Lipinski definition) is 4. The van der Waals surface area contributed by atoms with E-state index in [0.717, 1.165) is 4.90 Å². The van der Waals surface area contributed by atoms with Crippen LogP contribution in [0.4, 0.5) is 0 Å². The van der Waals surface area contributed by atoms with Crippen molar-refractivity contribution in [2.24, 2.45) is 5.73 Å². The van der Waals surface area contributed by atoms with Gasteiger partial charge in [0, 0.05) is 17.1 Å². The molecule has 0 fully saturated rings. The first kappa shape index (κ1) is 15.8. The molecule has 5 nitrogen and oxygen atoms in total. The normalized spacial score (nSPS) is 11.9. The Morgan fingerprint density at radius 3 is 2.74 bits per heavy atom. The molecule has 19 heavy (non-hydrogen) atoms. The highest BCUT2D eigenvalue weighted by Gasteiger charge is 2.12. The molecule has 4 N–H and O–H groups in total. The zero-order valence-corrected chi connectivity index (χ0v) is 11.7. The molecule has 1 aromatic carbocycles. The Labute approximate surface area is 120 Å². The predicted molar refractivity (Wildman–Crippen MR) is 75.0 cm³/mol. The number of primary amides is 1. The van der Waals surface area contributed by atoms with E-state index < -0.39 is 12.0 Å². The van der Waals surface area contributed by atoms with Crippen LogP contribution in [0.15, 0.2) is 29.2 Å². The molecule has 2 amide bonds. The number of halogens is 1. The van der Waals surface area contributed by atoms with Crippen LogP contribution >= 0.6 is 23.4 Å². The lowest BCUT2D eigenvalue weighted by Gasteiger charge is -2.08. The highest BCUT2D eigenvalue weighted by Crippen LogP contribution is 2.26. The summed E-state index contributed by atoms with van der Waals surface area (Å²) >= 11 is 7.44. The summed E-state index contributed by atoms with van der Waals surface area (Å²) in [7, 11) is 0. The second kappa shape index (κ2) is 8.04. The van der Waals surface area contributed by atoms with Crippen LogP contribution in [0.2, 0.25) is 5.02 Å². The highest BCUT2D eigenvalue weighted by molar-refractivity contribution is 7.99. The van der Waals surface area contributed by atoms with Crippen LogP contribution in [0, 0.1) is 0 Å². The van der Waals surface area contributed by atoms with Crippen LogP contribution in [0.25, 0.3) is 0 Å². The molecule has 0 saturated carbocycles. The van der Waals surface area contributed by atoms with Crippen molar-refractivity contribution in [2.75, 3.05) is 12.3 Å². The highest BCUT2D eigenvalue weighted by atomic mass is 35.5. The molecule has 0 bridgehead atoms. The summed E-state index contributed by atoms with van der Waals surface area (Å²) in [5.41, 5.74) is 4.86. The van der Waals surface area contributed by atoms with Crippen LogP contribution in [0.1, 0.15) is 6.42 Å². The van der Waals surface area contributed by atoms with Gasteiger partial charge in [0.15, 0.2) is 0 Å². The molecular weight excluding hydrogens is 288 g/mol. The Hall–Kier alpha value is -1.24. The molecule has 0 aliphatic rings. The zero-order chi connectivity index (χ0) is 14.3. The second-order valence-corrected chi connectivity index (χ2v) is 5.30. The number of nitrogens with one attached hydrogen (secondary N) is 1. The largest absolute Gasteiger partial charge is 0.381 e. The Kier molecular flexibility index (Phi) is 6.69. The number of aliphatic hydroxyl groups excluding tert-OH is 1. The van der Waals surface area contributed by atoms with Gasteiger partial charge < -0.3 is 16.2 Å². The fourth-order valence-corrected chi connectivity index (χ4v) is 2.40. The maximum Gasteiger partial charge on any atom is 0.248 e. The van der Waals surface area contributed by atoms with Gasteiger partial charge in [-0.15, -0.1) is 11.8 Å². The van der Waals surface area contributed by atoms with E-state index in [9.17, 15) is 9.59 Å². The fourth-order valence-electron chi connectivity index (χ4n) is 1.21. The number of nitrogens with two attached hydrogens (primary N) is 1. The van der Waals surface area contributed by atoms with Crippen LogP contribution in [0.5, 0.6) is 0 Å². The maximum atomic E-state index is 11.4. The minimum absolute atomic E-state index is 0.162. The van der Waals surface area contributed by atoms with E-state index in [1.807, 2.05) is 18.2 Å². The standard InChI is InChI=1S/C12H15ClN2O3S/c13-8-3-1-2-4-10(8)19-6-5-11(17)15-7-9(16)12(14)18/h1-4,9,16H,5-7H2,(H2,14,18)(H,15,17). The van der Waals surface area contributed by atoms with E-state index >= 15 is 0 Å². The van der Waals surface area contributed by atoms with Crippen LogP contribution in [-0.2, 0) is 9.59 Å². The van der Waals surface area contributed by atoms with Crippen molar-refractivity contribution in [2.45, 2.75) is 17.4 Å². The Bertz CT molecular complexity index is 456. The molecule has 0 aliphatic heterocycles. The van der Waals surface area contributed by atoms with Gasteiger partial charge in [0.2, 0.25) is 11.8 Å². The second-order valence-electron chi connectivity index (χ2n) is 3.75. The van der Waals surface area contributed by atoms with Crippen molar-refractivity contribution in [3.8, 4) is 0 Å². The molecule has 104 valence electrons. The number of hydrogen-bond donors (Lipinski definition) is 3. The number of carbonyl (C=O) groups is 2. The lowest BCUT2D eigenvalue weighted by atomic mass is 10.3. The minimum Gasteiger partial charge on any atom is -0.381 e. The molecule has 0 heterocycles. The summed E-state index contributed by atoms with van der Waals surface area (Å²) in [6, 6.07) is 7.37. The number of benzene rings is 1. The first-order valence-electron chi connectivity index (χ1n) is 5.62. The van der Waals surface area contributed by atoms with E-state index in [0.29, 0.717) is 10.8 Å². The number of thioether (sulfide) groups is 1. The fraction of sp³-hybridized carbons (Fsp3) is 0.333. The monoisotopic (exact) mass is 302 g/mol. The number of amides is 2. The van der Waals surface area contributed by atoms with Gasteiger partial charge in [0.05, 0.1) is 11.6 Å². The van der Waals surface area contributed by atoms with E-state index in [4.69, 9.17) is 22.4 Å². The van der Waals surface area contributed by atoms with Crippen molar-refractivity contribution in [3.63, 3.8) is 0 Å². The van der Waals surface area contributed by atoms with Crippen LogP contribution in [0.3, 0.4) is 0 Å². The molecule has 1 unspecified atom stereocenters. The molecule has 0 spiro atoms. The molecule has 0 aliphatic carbocycles. The van der Waals surface area contributed by atoms with Crippen LogP contribution < -0.4 is 11.1 Å². The van der Waals surface area contributed by atoms with Gasteiger partial charge >= 0.3 is 0 Å². The molecule has 1 atom stereocenters. The SMILES string of the molecule is NC(=O)C(O)CNC(=O)CCSc1ccccc1Cl. The Morgan fingerprint density at radius 2 is 2.11 bits per heavy atom. The topological polar surface area (TPSA) is 92.4 Å². The molecule has 0 radical (unpaired) electrons. The third-order valence-electron chi connectivity index (χ3n) is 2.24. The lowest BCUT2D eigenvalue weighted by Crippen LogP contribution is -2.40. The van der Waals surface area contributed by atoms with Crippen LogP contribution in [-0.4, -0.2) is 35.3 Å². The number of carbonyl (C=O) groups excluding carboxylic acids is 2. The molecule has 1 rings (SSSR count). The summed E-state index contributed by atoms with van der Waals surface area (Å²) in [6.45, 7) is -0.162. The number of aliphatic hydroxyl groups is 1. The minimum atomic E-state index is -1.35. The van der Waals surface area contributed by atoms with E-state index in [-0.39, 0.29) is 18.9 Å². The first-order valence-corrected chi connectivity index (χ1v) is 6.98. The lowest BCUT2D eigenvalue weighted by molar-refractivity contribution is -0.126. The summed E-state index contributed by atoms with van der Waals surface area (Å²) in [4.78, 5) is 22.9. The van der Waals surface area contributed by atoms with E-state index in [1.54, 1.807) is 6.07 Å². The van der Waals surface area contributed by atoms with Crippen molar-refractivity contribution < 1.29 is 14.7 Å². The molecular formula is C12H15ClN2O3S. The van der Waals surface area contributed by atoms with Gasteiger partial charge in [-0.2, -0.15) is 0 Å². The Morgan fingerprint density at radius 1 is 1.42 bits per heavy atom. The molecule has 1 aromatic rings. The van der Waals surface area contributed by atoms with Gasteiger partial charge in [-0.3, -0.25) is 9.59 Å². The Balaban J connectivity index is 2.24.